The molecule has 1 aromatic heterocycles. The van der Waals surface area contributed by atoms with E-state index < -0.39 is 0 Å². The van der Waals surface area contributed by atoms with Crippen LogP contribution in [-0.2, 0) is 9.53 Å². The maximum absolute atomic E-state index is 11.8. The third kappa shape index (κ3) is 2.25. The first-order valence-electron chi connectivity index (χ1n) is 4.97. The summed E-state index contributed by atoms with van der Waals surface area (Å²) in [5.74, 6) is 0.671. The van der Waals surface area contributed by atoms with Gasteiger partial charge in [-0.2, -0.15) is 0 Å². The zero-order chi connectivity index (χ0) is 10.8. The molecule has 0 aromatic carbocycles. The Balaban J connectivity index is 2.12. The number of carbonyl (C=O) groups excluding carboxylic acids is 1. The summed E-state index contributed by atoms with van der Waals surface area (Å²) in [6.45, 7) is 0.671. The maximum Gasteiger partial charge on any atom is 0.140 e. The van der Waals surface area contributed by atoms with E-state index in [0.29, 0.717) is 24.7 Å². The van der Waals surface area contributed by atoms with Gasteiger partial charge in [0.25, 0.3) is 0 Å². The molecule has 0 aliphatic heterocycles. The molecular weight excluding hydrogens is 232 g/mol. The monoisotopic (exact) mass is 244 g/mol. The molecule has 1 heterocycles. The minimum atomic E-state index is 0.00361. The molecule has 2 nitrogen and oxygen atoms in total. The number of ketones is 1. The van der Waals surface area contributed by atoms with Crippen LogP contribution in [0.2, 0.25) is 4.34 Å². The molecule has 1 aliphatic carbocycles. The second kappa shape index (κ2) is 4.64. The Kier molecular flexibility index (Phi) is 3.44. The van der Waals surface area contributed by atoms with Gasteiger partial charge < -0.3 is 4.74 Å². The van der Waals surface area contributed by atoms with Crippen molar-refractivity contribution in [2.45, 2.75) is 18.8 Å². The summed E-state index contributed by atoms with van der Waals surface area (Å²) in [5.41, 5.74) is 1.00. The fourth-order valence-electron chi connectivity index (χ4n) is 2.19. The molecule has 1 fully saturated rings. The molecule has 2 atom stereocenters. The van der Waals surface area contributed by atoms with Gasteiger partial charge in [-0.15, -0.1) is 11.3 Å². The fourth-order valence-corrected chi connectivity index (χ4v) is 3.22. The predicted octanol–water partition coefficient (Wildman–Crippen LogP) is 3.11. The predicted molar refractivity (Wildman–Crippen MR) is 61.7 cm³/mol. The third-order valence-electron chi connectivity index (χ3n) is 2.87. The number of ether oxygens (including phenoxy) is 1. The van der Waals surface area contributed by atoms with E-state index in [2.05, 4.69) is 0 Å². The molecule has 1 saturated carbocycles. The zero-order valence-electron chi connectivity index (χ0n) is 8.53. The molecule has 1 aliphatic rings. The van der Waals surface area contributed by atoms with E-state index in [1.54, 1.807) is 7.11 Å². The lowest BCUT2D eigenvalue weighted by Gasteiger charge is -2.08. The van der Waals surface area contributed by atoms with Gasteiger partial charge in [-0.1, -0.05) is 11.6 Å². The SMILES string of the molecule is COCC1CC(=O)C(c2ccsc2Cl)C1. The Hall–Kier alpha value is -0.380. The molecule has 2 unspecified atom stereocenters. The van der Waals surface area contributed by atoms with Crippen LogP contribution in [0.4, 0.5) is 0 Å². The number of halogens is 1. The number of Topliss-reactive ketones (excluding diaryl/α,β-unsaturated/α-hetero) is 1. The highest BCUT2D eigenvalue weighted by atomic mass is 35.5. The van der Waals surface area contributed by atoms with Crippen molar-refractivity contribution < 1.29 is 9.53 Å². The van der Waals surface area contributed by atoms with Crippen LogP contribution in [0.25, 0.3) is 0 Å². The second-order valence-electron chi connectivity index (χ2n) is 3.93. The Morgan fingerprint density at radius 1 is 1.67 bits per heavy atom. The first-order valence-corrected chi connectivity index (χ1v) is 6.22. The highest BCUT2D eigenvalue weighted by Crippen LogP contribution is 2.40. The average Bonchev–Trinajstić information content (AvgIpc) is 2.73. The summed E-state index contributed by atoms with van der Waals surface area (Å²) in [5, 5.41) is 1.94. The summed E-state index contributed by atoms with van der Waals surface area (Å²) in [4.78, 5) is 11.8. The standard InChI is InChI=1S/C11H13ClO2S/c1-14-6-7-4-9(10(13)5-7)8-2-3-15-11(8)12/h2-3,7,9H,4-6H2,1H3. The summed E-state index contributed by atoms with van der Waals surface area (Å²) in [6.07, 6.45) is 1.51. The van der Waals surface area contributed by atoms with Gasteiger partial charge in [0.15, 0.2) is 0 Å². The first-order chi connectivity index (χ1) is 7.22. The van der Waals surface area contributed by atoms with Crippen LogP contribution in [0.5, 0.6) is 0 Å². The van der Waals surface area contributed by atoms with E-state index >= 15 is 0 Å². The zero-order valence-corrected chi connectivity index (χ0v) is 10.1. The van der Waals surface area contributed by atoms with Crippen LogP contribution in [0.3, 0.4) is 0 Å². The van der Waals surface area contributed by atoms with Crippen LogP contribution in [0.1, 0.15) is 24.3 Å². The lowest BCUT2D eigenvalue weighted by atomic mass is 9.99. The second-order valence-corrected chi connectivity index (χ2v) is 5.45. The normalized spacial score (nSPS) is 26.1. The topological polar surface area (TPSA) is 26.3 Å². The van der Waals surface area contributed by atoms with Crippen LogP contribution in [-0.4, -0.2) is 19.5 Å². The van der Waals surface area contributed by atoms with E-state index in [1.807, 2.05) is 11.4 Å². The van der Waals surface area contributed by atoms with Gasteiger partial charge in [-0.25, -0.2) is 0 Å². The molecule has 82 valence electrons. The lowest BCUT2D eigenvalue weighted by molar-refractivity contribution is -0.118. The Morgan fingerprint density at radius 3 is 3.07 bits per heavy atom. The van der Waals surface area contributed by atoms with E-state index in [-0.39, 0.29) is 5.92 Å². The largest absolute Gasteiger partial charge is 0.384 e. The van der Waals surface area contributed by atoms with E-state index in [0.717, 1.165) is 16.3 Å². The highest BCUT2D eigenvalue weighted by Gasteiger charge is 2.34. The smallest absolute Gasteiger partial charge is 0.140 e. The fraction of sp³-hybridized carbons (Fsp3) is 0.545. The Morgan fingerprint density at radius 2 is 2.47 bits per heavy atom. The molecule has 0 bridgehead atoms. The van der Waals surface area contributed by atoms with Crippen LogP contribution < -0.4 is 0 Å². The third-order valence-corrected chi connectivity index (χ3v) is 4.07. The van der Waals surface area contributed by atoms with Crippen LogP contribution in [0.15, 0.2) is 11.4 Å². The van der Waals surface area contributed by atoms with Crippen molar-refractivity contribution in [2.75, 3.05) is 13.7 Å². The van der Waals surface area contributed by atoms with Crippen LogP contribution >= 0.6 is 22.9 Å². The molecule has 2 rings (SSSR count). The van der Waals surface area contributed by atoms with Crippen molar-refractivity contribution >= 4 is 28.7 Å². The van der Waals surface area contributed by atoms with E-state index in [9.17, 15) is 4.79 Å². The Labute approximate surface area is 98.2 Å². The first kappa shape index (κ1) is 11.1. The molecular formula is C11H13ClO2S. The van der Waals surface area contributed by atoms with E-state index in [1.165, 1.54) is 11.3 Å². The number of carbonyl (C=O) groups is 1. The number of hydrogen-bond acceptors (Lipinski definition) is 3. The average molecular weight is 245 g/mol. The van der Waals surface area contributed by atoms with Gasteiger partial charge in [0.1, 0.15) is 5.78 Å². The van der Waals surface area contributed by atoms with Gasteiger partial charge in [0.2, 0.25) is 0 Å². The molecule has 0 amide bonds. The number of methoxy groups -OCH3 is 1. The van der Waals surface area contributed by atoms with Crippen molar-refractivity contribution in [3.63, 3.8) is 0 Å². The maximum atomic E-state index is 11.8. The number of rotatable bonds is 3. The molecule has 0 N–H and O–H groups in total. The molecule has 0 radical (unpaired) electrons. The minimum Gasteiger partial charge on any atom is -0.384 e. The van der Waals surface area contributed by atoms with Crippen molar-refractivity contribution in [3.05, 3.63) is 21.3 Å². The minimum absolute atomic E-state index is 0.00361. The van der Waals surface area contributed by atoms with Crippen LogP contribution in [0, 0.1) is 5.92 Å². The van der Waals surface area contributed by atoms with Crippen molar-refractivity contribution in [2.24, 2.45) is 5.92 Å². The van der Waals surface area contributed by atoms with Gasteiger partial charge in [-0.3, -0.25) is 4.79 Å². The highest BCUT2D eigenvalue weighted by molar-refractivity contribution is 7.14. The quantitative estimate of drug-likeness (QED) is 0.817. The molecule has 15 heavy (non-hydrogen) atoms. The number of thiophene rings is 1. The van der Waals surface area contributed by atoms with Gasteiger partial charge in [-0.05, 0) is 29.3 Å². The molecule has 0 spiro atoms. The Bertz CT molecular complexity index is 361. The summed E-state index contributed by atoms with van der Waals surface area (Å²) < 4.78 is 5.84. The van der Waals surface area contributed by atoms with Gasteiger partial charge in [0, 0.05) is 26.1 Å². The van der Waals surface area contributed by atoms with Crippen molar-refractivity contribution in [3.8, 4) is 0 Å². The molecule has 1 aromatic rings. The van der Waals surface area contributed by atoms with Gasteiger partial charge in [0.05, 0.1) is 4.34 Å². The molecule has 0 saturated heterocycles. The number of hydrogen-bond donors (Lipinski definition) is 0. The summed E-state index contributed by atoms with van der Waals surface area (Å²) >= 11 is 7.53. The summed E-state index contributed by atoms with van der Waals surface area (Å²) in [6, 6.07) is 1.96. The molecule has 4 heteroatoms. The van der Waals surface area contributed by atoms with Crippen molar-refractivity contribution in [1.82, 2.24) is 0 Å². The lowest BCUT2D eigenvalue weighted by Crippen LogP contribution is -2.03. The van der Waals surface area contributed by atoms with E-state index in [4.69, 9.17) is 16.3 Å². The summed E-state index contributed by atoms with van der Waals surface area (Å²) in [7, 11) is 1.68. The van der Waals surface area contributed by atoms with Crippen molar-refractivity contribution in [1.29, 1.82) is 0 Å². The van der Waals surface area contributed by atoms with Gasteiger partial charge >= 0.3 is 0 Å².